The molecule has 4 nitrogen and oxygen atoms in total. The van der Waals surface area contributed by atoms with Crippen LogP contribution in [0.25, 0.3) is 0 Å². The molecule has 0 aromatic carbocycles. The quantitative estimate of drug-likeness (QED) is 0.503. The summed E-state index contributed by atoms with van der Waals surface area (Å²) in [4.78, 5) is 4.50. The normalized spacial score (nSPS) is 20.4. The first kappa shape index (κ1) is 4.43. The molecule has 0 unspecified atom stereocenters. The molecule has 0 fully saturated rings. The van der Waals surface area contributed by atoms with Gasteiger partial charge in [-0.15, -0.1) is 0 Å². The van der Waals surface area contributed by atoms with Crippen LogP contribution in [0, 0.1) is 0 Å². The molecular weight excluding hydrogens is 120 g/mol. The van der Waals surface area contributed by atoms with E-state index in [1.54, 1.807) is 12.3 Å². The van der Waals surface area contributed by atoms with Gasteiger partial charge in [0.25, 0.3) is 5.90 Å². The summed E-state index contributed by atoms with van der Waals surface area (Å²) in [5.74, 6) is 0.484. The molecule has 0 amide bonds. The number of allylic oxidation sites excluding steroid dienone is 2. The lowest BCUT2D eigenvalue weighted by molar-refractivity contribution is 0.0897. The lowest BCUT2D eigenvalue weighted by Gasteiger charge is -2.00. The highest BCUT2D eigenvalue weighted by Gasteiger charge is 2.16. The summed E-state index contributed by atoms with van der Waals surface area (Å²) < 4.78 is 4.92. The van der Waals surface area contributed by atoms with Crippen LogP contribution < -0.4 is 5.48 Å². The van der Waals surface area contributed by atoms with Gasteiger partial charge in [0.1, 0.15) is 5.70 Å². The van der Waals surface area contributed by atoms with E-state index in [2.05, 4.69) is 15.6 Å². The van der Waals surface area contributed by atoms with Crippen LogP contribution in [0.2, 0.25) is 0 Å². The average molecular weight is 124 g/mol. The molecule has 4 heteroatoms. The molecule has 2 aliphatic rings. The van der Waals surface area contributed by atoms with Crippen molar-refractivity contribution in [2.24, 2.45) is 5.16 Å². The van der Waals surface area contributed by atoms with Gasteiger partial charge in [0.05, 0.1) is 6.26 Å². The van der Waals surface area contributed by atoms with Crippen molar-refractivity contribution in [1.82, 2.24) is 5.48 Å². The lowest BCUT2D eigenvalue weighted by Crippen LogP contribution is -2.12. The van der Waals surface area contributed by atoms with Crippen molar-refractivity contribution in [1.29, 1.82) is 0 Å². The van der Waals surface area contributed by atoms with Crippen molar-refractivity contribution in [3.63, 3.8) is 0 Å². The van der Waals surface area contributed by atoms with Crippen LogP contribution in [0.5, 0.6) is 0 Å². The molecule has 0 radical (unpaired) electrons. The zero-order valence-corrected chi connectivity index (χ0v) is 4.50. The SMILES string of the molecule is C1=COC2=NONC2=C1. The highest BCUT2D eigenvalue weighted by Crippen LogP contribution is 2.08. The largest absolute Gasteiger partial charge is 0.443 e. The number of nitrogens with zero attached hydrogens (tertiary/aromatic N) is 1. The van der Waals surface area contributed by atoms with Gasteiger partial charge in [0, 0.05) is 0 Å². The van der Waals surface area contributed by atoms with Crippen molar-refractivity contribution in [3.8, 4) is 0 Å². The smallest absolute Gasteiger partial charge is 0.285 e. The van der Waals surface area contributed by atoms with Gasteiger partial charge in [-0.2, -0.15) is 5.48 Å². The van der Waals surface area contributed by atoms with Gasteiger partial charge in [0.2, 0.25) is 0 Å². The molecule has 1 N–H and O–H groups in total. The number of hydrogen-bond acceptors (Lipinski definition) is 4. The minimum Gasteiger partial charge on any atom is -0.443 e. The van der Waals surface area contributed by atoms with Gasteiger partial charge in [-0.05, 0) is 17.3 Å². The van der Waals surface area contributed by atoms with Gasteiger partial charge in [-0.1, -0.05) is 0 Å². The number of hydrogen-bond donors (Lipinski definition) is 1. The minimum atomic E-state index is 0.484. The molecule has 0 atom stereocenters. The summed E-state index contributed by atoms with van der Waals surface area (Å²) in [6.45, 7) is 0. The zero-order chi connectivity index (χ0) is 6.10. The minimum absolute atomic E-state index is 0.484. The third-order valence-electron chi connectivity index (χ3n) is 1.04. The summed E-state index contributed by atoms with van der Waals surface area (Å²) in [6.07, 6.45) is 5.12. The van der Waals surface area contributed by atoms with Crippen LogP contribution in [-0.4, -0.2) is 5.90 Å². The number of nitrogens with one attached hydrogen (secondary N) is 1. The van der Waals surface area contributed by atoms with E-state index in [1.165, 1.54) is 0 Å². The first-order valence-electron chi connectivity index (χ1n) is 2.51. The van der Waals surface area contributed by atoms with Gasteiger partial charge in [-0.3, -0.25) is 4.94 Å². The van der Waals surface area contributed by atoms with Gasteiger partial charge in [-0.25, -0.2) is 0 Å². The Morgan fingerprint density at radius 1 is 1.56 bits per heavy atom. The molecule has 0 aromatic rings. The van der Waals surface area contributed by atoms with Gasteiger partial charge >= 0.3 is 0 Å². The van der Waals surface area contributed by atoms with Crippen molar-refractivity contribution in [2.75, 3.05) is 0 Å². The Kier molecular flexibility index (Phi) is 0.745. The van der Waals surface area contributed by atoms with Crippen LogP contribution in [0.1, 0.15) is 0 Å². The predicted molar refractivity (Wildman–Crippen MR) is 30.0 cm³/mol. The fourth-order valence-corrected chi connectivity index (χ4v) is 0.636. The Morgan fingerprint density at radius 2 is 2.56 bits per heavy atom. The molecule has 0 saturated carbocycles. The van der Waals surface area contributed by atoms with Crippen molar-refractivity contribution < 1.29 is 9.68 Å². The summed E-state index contributed by atoms with van der Waals surface area (Å²) in [7, 11) is 0. The second-order valence-electron chi connectivity index (χ2n) is 1.62. The number of oxime groups is 1. The van der Waals surface area contributed by atoms with E-state index in [-0.39, 0.29) is 0 Å². The first-order chi connectivity index (χ1) is 4.47. The number of rotatable bonds is 0. The lowest BCUT2D eigenvalue weighted by atomic mass is 10.3. The fourth-order valence-electron chi connectivity index (χ4n) is 0.636. The van der Waals surface area contributed by atoms with Crippen LogP contribution in [-0.2, 0) is 9.68 Å². The second kappa shape index (κ2) is 1.51. The number of ether oxygens (including phenoxy) is 1. The Labute approximate surface area is 51.4 Å². The van der Waals surface area contributed by atoms with E-state index in [9.17, 15) is 0 Å². The van der Waals surface area contributed by atoms with Crippen LogP contribution in [0.3, 0.4) is 0 Å². The Hall–Kier alpha value is -1.45. The predicted octanol–water partition coefficient (Wildman–Crippen LogP) is 0.263. The van der Waals surface area contributed by atoms with Gasteiger partial charge < -0.3 is 4.74 Å². The van der Waals surface area contributed by atoms with Gasteiger partial charge in [0.15, 0.2) is 0 Å². The van der Waals surface area contributed by atoms with Crippen molar-refractivity contribution in [3.05, 3.63) is 24.1 Å². The Morgan fingerprint density at radius 3 is 3.44 bits per heavy atom. The highest BCUT2D eigenvalue weighted by molar-refractivity contribution is 5.94. The van der Waals surface area contributed by atoms with E-state index >= 15 is 0 Å². The number of hydroxylamine groups is 1. The van der Waals surface area contributed by atoms with Crippen molar-refractivity contribution in [2.45, 2.75) is 0 Å². The molecule has 2 rings (SSSR count). The van der Waals surface area contributed by atoms with E-state index in [0.717, 1.165) is 5.70 Å². The zero-order valence-electron chi connectivity index (χ0n) is 4.50. The molecule has 46 valence electrons. The molecule has 2 aliphatic heterocycles. The van der Waals surface area contributed by atoms with E-state index in [0.29, 0.717) is 5.90 Å². The molecule has 2 heterocycles. The Bertz CT molecular complexity index is 217. The Balaban J connectivity index is 2.37. The molecule has 0 bridgehead atoms. The van der Waals surface area contributed by atoms with Crippen LogP contribution >= 0.6 is 0 Å². The summed E-state index contributed by atoms with van der Waals surface area (Å²) >= 11 is 0. The van der Waals surface area contributed by atoms with Crippen LogP contribution in [0.4, 0.5) is 0 Å². The maximum atomic E-state index is 4.92. The maximum absolute atomic E-state index is 4.92. The average Bonchev–Trinajstić information content (AvgIpc) is 2.33. The maximum Gasteiger partial charge on any atom is 0.285 e. The summed E-state index contributed by atoms with van der Waals surface area (Å²) in [6, 6.07) is 0. The van der Waals surface area contributed by atoms with Crippen molar-refractivity contribution >= 4 is 5.90 Å². The number of fused-ring (bicyclic) bond motifs is 1. The molecular formula is C5H4N2O2. The fraction of sp³-hybridized carbons (Fsp3) is 0. The first-order valence-corrected chi connectivity index (χ1v) is 2.51. The van der Waals surface area contributed by atoms with E-state index in [1.807, 2.05) is 6.08 Å². The topological polar surface area (TPSA) is 42.9 Å². The third-order valence-corrected chi connectivity index (χ3v) is 1.04. The highest BCUT2D eigenvalue weighted by atomic mass is 16.8. The van der Waals surface area contributed by atoms with Crippen LogP contribution in [0.15, 0.2) is 29.3 Å². The molecule has 0 spiro atoms. The second-order valence-corrected chi connectivity index (χ2v) is 1.62. The molecule has 0 aromatic heterocycles. The molecule has 9 heavy (non-hydrogen) atoms. The summed E-state index contributed by atoms with van der Waals surface area (Å²) in [5.41, 5.74) is 3.30. The third kappa shape index (κ3) is 0.561. The summed E-state index contributed by atoms with van der Waals surface area (Å²) in [5, 5.41) is 3.52. The monoisotopic (exact) mass is 124 g/mol. The molecule has 0 saturated heterocycles. The van der Waals surface area contributed by atoms with E-state index in [4.69, 9.17) is 4.74 Å². The molecule has 0 aliphatic carbocycles. The van der Waals surface area contributed by atoms with E-state index < -0.39 is 0 Å². The standard InChI is InChI=1S/C5H4N2O2/c1-2-4-5(8-3-1)7-9-6-4/h1-3,6H.